The maximum Gasteiger partial charge on any atom is 0.303 e. The Morgan fingerprint density at radius 2 is 1.69 bits per heavy atom. The van der Waals surface area contributed by atoms with Gasteiger partial charge in [0.05, 0.1) is 0 Å². The molecule has 77 valence electrons. The topological polar surface area (TPSA) is 37.3 Å². The summed E-state index contributed by atoms with van der Waals surface area (Å²) >= 11 is 0. The van der Waals surface area contributed by atoms with E-state index in [1.165, 1.54) is 19.3 Å². The van der Waals surface area contributed by atoms with Gasteiger partial charge in [-0.05, 0) is 12.3 Å². The maximum atomic E-state index is 10.1. The number of hydrogen-bond donors (Lipinski definition) is 1. The minimum absolute atomic E-state index is 0. The fourth-order valence-corrected chi connectivity index (χ4v) is 1.18. The quantitative estimate of drug-likeness (QED) is 0.544. The minimum Gasteiger partial charge on any atom is -0.481 e. The largest absolute Gasteiger partial charge is 0.481 e. The summed E-state index contributed by atoms with van der Waals surface area (Å²) in [5, 5.41) is 8.36. The van der Waals surface area contributed by atoms with Crippen LogP contribution in [0.2, 0.25) is 0 Å². The van der Waals surface area contributed by atoms with Crippen molar-refractivity contribution in [2.45, 2.75) is 52.4 Å². The molecule has 0 aromatic heterocycles. The van der Waals surface area contributed by atoms with Crippen LogP contribution in [0.4, 0.5) is 0 Å². The van der Waals surface area contributed by atoms with Gasteiger partial charge in [-0.2, -0.15) is 0 Å². The predicted octanol–water partition coefficient (Wildman–Crippen LogP) is 2.69. The first-order valence-corrected chi connectivity index (χ1v) is 4.84. The molecule has 0 unspecified atom stereocenters. The molecule has 0 aromatic rings. The Morgan fingerprint density at radius 3 is 2.15 bits per heavy atom. The van der Waals surface area contributed by atoms with Gasteiger partial charge in [-0.3, -0.25) is 4.79 Å². The third kappa shape index (κ3) is 15.1. The zero-order valence-corrected chi connectivity index (χ0v) is 12.1. The molecule has 0 aliphatic rings. The summed E-state index contributed by atoms with van der Waals surface area (Å²) in [6.45, 7) is 4.44. The van der Waals surface area contributed by atoms with Crippen LogP contribution in [0.25, 0.3) is 0 Å². The van der Waals surface area contributed by atoms with Crippen LogP contribution < -0.4 is 0 Å². The molecule has 0 saturated heterocycles. The second kappa shape index (κ2) is 10.4. The normalized spacial score (nSPS) is 9.77. The summed E-state index contributed by atoms with van der Waals surface area (Å²) in [4.78, 5) is 10.1. The molecule has 0 amide bonds. The van der Waals surface area contributed by atoms with E-state index in [4.69, 9.17) is 5.11 Å². The van der Waals surface area contributed by atoms with E-state index in [0.717, 1.165) is 18.8 Å². The van der Waals surface area contributed by atoms with Crippen molar-refractivity contribution in [3.8, 4) is 0 Å². The molecule has 0 aromatic carbocycles. The van der Waals surface area contributed by atoms with Crippen molar-refractivity contribution < 1.29 is 9.90 Å². The van der Waals surface area contributed by atoms with Gasteiger partial charge in [-0.25, -0.2) is 0 Å². The molecule has 0 saturated carbocycles. The van der Waals surface area contributed by atoms with Crippen LogP contribution in [0.3, 0.4) is 0 Å². The van der Waals surface area contributed by atoms with E-state index in [1.807, 2.05) is 0 Å². The predicted molar refractivity (Wildman–Crippen MR) is 55.9 cm³/mol. The Hall–Kier alpha value is 0.353. The van der Waals surface area contributed by atoms with Gasteiger partial charge >= 0.3 is 5.97 Å². The molecule has 0 heterocycles. The SMILES string of the molecule is CC(C)CCCCCCC(=O)O.[Bi]. The molecule has 1 N–H and O–H groups in total. The van der Waals surface area contributed by atoms with Crippen molar-refractivity contribution in [3.63, 3.8) is 0 Å². The molecule has 3 heteroatoms. The second-order valence-electron chi connectivity index (χ2n) is 3.74. The molecule has 0 aliphatic carbocycles. The van der Waals surface area contributed by atoms with Gasteiger partial charge in [-0.1, -0.05) is 39.5 Å². The van der Waals surface area contributed by atoms with Gasteiger partial charge in [0.1, 0.15) is 0 Å². The first-order chi connectivity index (χ1) is 5.63. The molecule has 0 rings (SSSR count). The number of unbranched alkanes of at least 4 members (excludes halogenated alkanes) is 3. The molecule has 3 radical (unpaired) electrons. The Bertz CT molecular complexity index is 124. The first-order valence-electron chi connectivity index (χ1n) is 4.84. The number of carboxylic acid groups (broad SMARTS) is 1. The second-order valence-corrected chi connectivity index (χ2v) is 3.74. The zero-order valence-electron chi connectivity index (χ0n) is 8.62. The van der Waals surface area contributed by atoms with Gasteiger partial charge in [0.15, 0.2) is 0 Å². The van der Waals surface area contributed by atoms with Gasteiger partial charge in [0.25, 0.3) is 0 Å². The number of rotatable bonds is 7. The standard InChI is InChI=1S/C10H20O2.Bi/c1-9(2)7-5-3-4-6-8-10(11)12;/h9H,3-8H2,1-2H3,(H,11,12);. The number of hydrogen-bond acceptors (Lipinski definition) is 1. The van der Waals surface area contributed by atoms with E-state index in [1.54, 1.807) is 0 Å². The van der Waals surface area contributed by atoms with Crippen molar-refractivity contribution in [2.24, 2.45) is 5.92 Å². The molecular weight excluding hydrogens is 361 g/mol. The van der Waals surface area contributed by atoms with Crippen molar-refractivity contribution in [1.29, 1.82) is 0 Å². The summed E-state index contributed by atoms with van der Waals surface area (Å²) in [6, 6.07) is 0. The van der Waals surface area contributed by atoms with E-state index < -0.39 is 5.97 Å². The van der Waals surface area contributed by atoms with Crippen molar-refractivity contribution in [3.05, 3.63) is 0 Å². The van der Waals surface area contributed by atoms with Crippen molar-refractivity contribution >= 4 is 32.2 Å². The third-order valence-electron chi connectivity index (χ3n) is 1.92. The molecule has 0 bridgehead atoms. The summed E-state index contributed by atoms with van der Waals surface area (Å²) in [6.07, 6.45) is 5.95. The molecular formula is C10H20BiO2. The number of aliphatic carboxylic acids is 1. The van der Waals surface area contributed by atoms with Crippen LogP contribution in [0.15, 0.2) is 0 Å². The molecule has 13 heavy (non-hydrogen) atoms. The fraction of sp³-hybridized carbons (Fsp3) is 0.900. The van der Waals surface area contributed by atoms with Crippen LogP contribution in [0, 0.1) is 5.92 Å². The Morgan fingerprint density at radius 1 is 1.15 bits per heavy atom. The van der Waals surface area contributed by atoms with Gasteiger partial charge < -0.3 is 5.11 Å². The Labute approximate surface area is 100 Å². The summed E-state index contributed by atoms with van der Waals surface area (Å²) < 4.78 is 0. The summed E-state index contributed by atoms with van der Waals surface area (Å²) in [5.74, 6) is 0.114. The van der Waals surface area contributed by atoms with Crippen molar-refractivity contribution in [2.75, 3.05) is 0 Å². The Balaban J connectivity index is 0. The third-order valence-corrected chi connectivity index (χ3v) is 1.92. The molecule has 0 aliphatic heterocycles. The van der Waals surface area contributed by atoms with E-state index >= 15 is 0 Å². The van der Waals surface area contributed by atoms with Crippen LogP contribution in [-0.2, 0) is 4.79 Å². The van der Waals surface area contributed by atoms with E-state index in [9.17, 15) is 4.79 Å². The smallest absolute Gasteiger partial charge is 0.303 e. The van der Waals surface area contributed by atoms with E-state index in [0.29, 0.717) is 6.42 Å². The molecule has 2 nitrogen and oxygen atoms in total. The number of carboxylic acids is 1. The van der Waals surface area contributed by atoms with Gasteiger partial charge in [0.2, 0.25) is 0 Å². The van der Waals surface area contributed by atoms with Crippen LogP contribution in [0.1, 0.15) is 52.4 Å². The minimum atomic E-state index is -0.668. The fourth-order valence-electron chi connectivity index (χ4n) is 1.18. The van der Waals surface area contributed by atoms with Crippen molar-refractivity contribution in [1.82, 2.24) is 0 Å². The molecule has 0 fully saturated rings. The average Bonchev–Trinajstić information content (AvgIpc) is 1.95. The zero-order chi connectivity index (χ0) is 9.40. The van der Waals surface area contributed by atoms with Crippen LogP contribution in [-0.4, -0.2) is 37.3 Å². The number of carbonyl (C=O) groups is 1. The van der Waals surface area contributed by atoms with Gasteiger partial charge in [-0.15, -0.1) is 0 Å². The monoisotopic (exact) mass is 381 g/mol. The van der Waals surface area contributed by atoms with Gasteiger partial charge in [0, 0.05) is 32.6 Å². The molecule has 0 spiro atoms. The average molecular weight is 381 g/mol. The molecule has 0 atom stereocenters. The Kier molecular flexibility index (Phi) is 12.7. The summed E-state index contributed by atoms with van der Waals surface area (Å²) in [7, 11) is 0. The van der Waals surface area contributed by atoms with Crippen LogP contribution in [0.5, 0.6) is 0 Å². The van der Waals surface area contributed by atoms with E-state index in [2.05, 4.69) is 13.8 Å². The summed E-state index contributed by atoms with van der Waals surface area (Å²) in [5.41, 5.74) is 0. The van der Waals surface area contributed by atoms with Crippen LogP contribution >= 0.6 is 0 Å². The first kappa shape index (κ1) is 15.8. The maximum absolute atomic E-state index is 10.1. The van der Waals surface area contributed by atoms with E-state index in [-0.39, 0.29) is 26.2 Å².